The van der Waals surface area contributed by atoms with Gasteiger partial charge in [0.1, 0.15) is 5.76 Å². The average Bonchev–Trinajstić information content (AvgIpc) is 3.49. The second-order valence-corrected chi connectivity index (χ2v) is 25.9. The van der Waals surface area contributed by atoms with E-state index in [1.54, 1.807) is 6.20 Å². The molecule has 0 amide bonds. The number of fused-ring (bicyclic) bond motifs is 6. The summed E-state index contributed by atoms with van der Waals surface area (Å²) < 4.78 is 7.71. The molecule has 271 valence electrons. The zero-order valence-electron chi connectivity index (χ0n) is 32.0. The van der Waals surface area contributed by atoms with Gasteiger partial charge in [0.2, 0.25) is 0 Å². The van der Waals surface area contributed by atoms with E-state index in [0.717, 1.165) is 70.0 Å². The van der Waals surface area contributed by atoms with Crippen molar-refractivity contribution in [3.05, 3.63) is 84.0 Å². The van der Waals surface area contributed by atoms with Gasteiger partial charge in [-0.1, -0.05) is 41.5 Å². The number of pyridine rings is 1. The van der Waals surface area contributed by atoms with E-state index in [2.05, 4.69) is 59.5 Å². The number of benzene rings is 3. The van der Waals surface area contributed by atoms with Crippen molar-refractivity contribution in [1.82, 2.24) is 15.0 Å². The van der Waals surface area contributed by atoms with Gasteiger partial charge in [-0.2, -0.15) is 0 Å². The first-order chi connectivity index (χ1) is 23.6. The summed E-state index contributed by atoms with van der Waals surface area (Å²) in [5.74, 6) is 8.33. The topological polar surface area (TPSA) is 89.1 Å². The maximum Gasteiger partial charge on any atom is 0 e. The fourth-order valence-corrected chi connectivity index (χ4v) is 9.03. The third-order valence-electron chi connectivity index (χ3n) is 11.0. The minimum absolute atomic E-state index is 0. The minimum Gasteiger partial charge on any atom is 0 e. The zero-order valence-corrected chi connectivity index (χ0v) is 36.5. The SMILES string of the molecule is CCC(C)(CC)C(=O)/C=C(\O)C(C)(CC)CC.Cc1nc(-c2[c-]ccc3c2oc2ncccc23)c2ccc3c[c]([Ge]([CH3])([CH3])[CH3])cc(C)c3c2n1.[Ir]. The van der Waals surface area contributed by atoms with Crippen LogP contribution in [0, 0.1) is 30.7 Å². The smallest absolute Gasteiger partial charge is 0 e. The van der Waals surface area contributed by atoms with E-state index in [9.17, 15) is 9.90 Å². The van der Waals surface area contributed by atoms with Gasteiger partial charge in [-0.15, -0.1) is 0 Å². The number of hydrogen-bond acceptors (Lipinski definition) is 6. The average molecular weight is 924 g/mol. The first-order valence-electron chi connectivity index (χ1n) is 18.0. The Balaban J connectivity index is 0.000000279. The summed E-state index contributed by atoms with van der Waals surface area (Å²) in [5, 5.41) is 15.6. The molecule has 3 aromatic heterocycles. The molecule has 1 N–H and O–H groups in total. The molecule has 6 aromatic rings. The third-order valence-corrected chi connectivity index (χ3v) is 15.2. The van der Waals surface area contributed by atoms with Gasteiger partial charge >= 0.3 is 183 Å². The monoisotopic (exact) mass is 925 g/mol. The van der Waals surface area contributed by atoms with E-state index in [-0.39, 0.29) is 42.5 Å². The molecule has 0 fully saturated rings. The molecule has 0 aliphatic carbocycles. The number of aliphatic hydroxyl groups excluding tert-OH is 1. The Morgan fingerprint density at radius 1 is 0.902 bits per heavy atom. The van der Waals surface area contributed by atoms with Crippen LogP contribution in [0.1, 0.15) is 78.6 Å². The summed E-state index contributed by atoms with van der Waals surface area (Å²) in [6.45, 7) is 16.2. The predicted molar refractivity (Wildman–Crippen MR) is 212 cm³/mol. The Morgan fingerprint density at radius 2 is 1.57 bits per heavy atom. The molecule has 3 heterocycles. The van der Waals surface area contributed by atoms with Gasteiger partial charge in [0.05, 0.1) is 0 Å². The van der Waals surface area contributed by atoms with Gasteiger partial charge in [0.25, 0.3) is 0 Å². The fraction of sp³-hybridized carbons (Fsp3) is 0.395. The number of aromatic nitrogens is 3. The van der Waals surface area contributed by atoms with Crippen molar-refractivity contribution in [3.8, 4) is 11.3 Å². The van der Waals surface area contributed by atoms with E-state index in [1.807, 2.05) is 72.7 Å². The predicted octanol–water partition coefficient (Wildman–Crippen LogP) is 11.4. The van der Waals surface area contributed by atoms with Crippen molar-refractivity contribution < 1.29 is 34.4 Å². The molecular formula is C43H52GeIrN3O3-. The van der Waals surface area contributed by atoms with Gasteiger partial charge in [-0.3, -0.25) is 4.79 Å². The van der Waals surface area contributed by atoms with Crippen LogP contribution in [0.3, 0.4) is 0 Å². The van der Waals surface area contributed by atoms with Crippen molar-refractivity contribution >= 4 is 67.2 Å². The van der Waals surface area contributed by atoms with E-state index in [0.29, 0.717) is 5.71 Å². The number of carbonyl (C=O) groups excluding carboxylic acids is 1. The molecule has 0 saturated carbocycles. The second kappa shape index (κ2) is 15.7. The Kier molecular flexibility index (Phi) is 12.4. The summed E-state index contributed by atoms with van der Waals surface area (Å²) in [6.07, 6.45) is 6.51. The van der Waals surface area contributed by atoms with Crippen LogP contribution >= 0.6 is 0 Å². The molecule has 6 rings (SSSR count). The summed E-state index contributed by atoms with van der Waals surface area (Å²) >= 11 is -1.96. The molecule has 8 heteroatoms. The molecule has 1 radical (unpaired) electrons. The summed E-state index contributed by atoms with van der Waals surface area (Å²) in [7, 11) is 0. The molecule has 0 bridgehead atoms. The number of hydrogen-bond donors (Lipinski definition) is 1. The first kappa shape index (κ1) is 40.4. The van der Waals surface area contributed by atoms with E-state index >= 15 is 0 Å². The zero-order chi connectivity index (χ0) is 36.6. The van der Waals surface area contributed by atoms with Crippen LogP contribution in [0.25, 0.3) is 55.0 Å². The van der Waals surface area contributed by atoms with Gasteiger partial charge < -0.3 is 5.11 Å². The van der Waals surface area contributed by atoms with Crippen molar-refractivity contribution in [2.75, 3.05) is 0 Å². The molecule has 0 unspecified atom stereocenters. The number of ketones is 1. The van der Waals surface area contributed by atoms with Crippen molar-refractivity contribution in [3.63, 3.8) is 0 Å². The third kappa shape index (κ3) is 7.86. The van der Waals surface area contributed by atoms with Gasteiger partial charge in [0, 0.05) is 43.2 Å². The molecule has 0 saturated heterocycles. The maximum atomic E-state index is 12.2. The van der Waals surface area contributed by atoms with Crippen LogP contribution in [0.2, 0.25) is 17.3 Å². The fourth-order valence-electron chi connectivity index (χ4n) is 6.43. The minimum atomic E-state index is -1.96. The van der Waals surface area contributed by atoms with Crippen LogP contribution < -0.4 is 4.40 Å². The molecule has 51 heavy (non-hydrogen) atoms. The number of aliphatic hydroxyl groups is 1. The number of allylic oxidation sites excluding steroid dienone is 2. The van der Waals surface area contributed by atoms with E-state index in [1.165, 1.54) is 26.8 Å². The Bertz CT molecular complexity index is 2240. The summed E-state index contributed by atoms with van der Waals surface area (Å²) in [6, 6.07) is 20.4. The summed E-state index contributed by atoms with van der Waals surface area (Å²) in [4.78, 5) is 26.4. The number of carbonyl (C=O) groups is 1. The van der Waals surface area contributed by atoms with Crippen molar-refractivity contribution in [2.24, 2.45) is 10.8 Å². The Labute approximate surface area is 319 Å². The molecular weight excluding hydrogens is 871 g/mol. The van der Waals surface area contributed by atoms with Gasteiger partial charge in [0.15, 0.2) is 5.78 Å². The summed E-state index contributed by atoms with van der Waals surface area (Å²) in [5.41, 5.74) is 4.74. The van der Waals surface area contributed by atoms with Crippen LogP contribution in [0.15, 0.2) is 71.0 Å². The molecule has 0 aliphatic rings. The number of rotatable bonds is 9. The molecule has 0 aliphatic heterocycles. The van der Waals surface area contributed by atoms with Crippen LogP contribution in [-0.2, 0) is 24.9 Å². The quantitative estimate of drug-likeness (QED) is 0.0511. The van der Waals surface area contributed by atoms with Gasteiger partial charge in [-0.05, 0) is 31.7 Å². The van der Waals surface area contributed by atoms with Crippen molar-refractivity contribution in [2.45, 2.75) is 98.3 Å². The van der Waals surface area contributed by atoms with Crippen molar-refractivity contribution in [1.29, 1.82) is 0 Å². The van der Waals surface area contributed by atoms with E-state index < -0.39 is 13.3 Å². The van der Waals surface area contributed by atoms with Gasteiger partial charge in [-0.25, -0.2) is 0 Å². The maximum absolute atomic E-state index is 12.2. The van der Waals surface area contributed by atoms with E-state index in [4.69, 9.17) is 14.4 Å². The second-order valence-electron chi connectivity index (χ2n) is 15.2. The largest absolute Gasteiger partial charge is 0 e. The molecule has 3 aromatic carbocycles. The number of nitrogens with zero attached hydrogens (tertiary/aromatic N) is 3. The normalized spacial score (nSPS) is 12.6. The molecule has 0 spiro atoms. The molecule has 6 nitrogen and oxygen atoms in total. The van der Waals surface area contributed by atoms with Crippen LogP contribution in [0.5, 0.6) is 0 Å². The van der Waals surface area contributed by atoms with Crippen LogP contribution in [-0.4, -0.2) is 39.1 Å². The number of aryl methyl sites for hydroxylation is 2. The Morgan fingerprint density at radius 3 is 2.20 bits per heavy atom. The number of furan rings is 1. The standard InChI is InChI=1S/C28H24GeN3O.C15H28O2.Ir/c1-16-14-19(29(3,4)5)15-18-11-12-22-25(31-17(2)32-26(22)24(16)18)23-9-6-8-20-21-10-7-13-30-28(21)33-27(20)23;1-7-14(5,8-2)12(16)11-13(17)15(6,9-3)10-4;/h6-8,10-15H,1-5H3;11,16H,7-10H2,1-6H3;/q-1;;/b;12-11-;. The Hall–Kier alpha value is -3.39. The van der Waals surface area contributed by atoms with Crippen LogP contribution in [0.4, 0.5) is 0 Å². The first-order valence-corrected chi connectivity index (χ1v) is 25.3. The molecule has 0 atom stereocenters.